The van der Waals surface area contributed by atoms with Gasteiger partial charge in [-0.05, 0) is 25.0 Å². The molecular formula is C12H13BrF2O2. The Labute approximate surface area is 107 Å². The molecule has 94 valence electrons. The molecule has 0 aromatic heterocycles. The van der Waals surface area contributed by atoms with Crippen molar-refractivity contribution in [1.29, 1.82) is 0 Å². The second-order valence-electron chi connectivity index (χ2n) is 3.58. The fraction of sp³-hybridized carbons (Fsp3) is 0.417. The summed E-state index contributed by atoms with van der Waals surface area (Å²) in [6.07, 6.45) is 0.763. The number of rotatable bonds is 5. The number of hydrogen-bond donors (Lipinski definition) is 0. The van der Waals surface area contributed by atoms with Crippen LogP contribution in [0.2, 0.25) is 0 Å². The summed E-state index contributed by atoms with van der Waals surface area (Å²) < 4.78 is 28.9. The third kappa shape index (κ3) is 3.77. The van der Waals surface area contributed by atoms with Crippen molar-refractivity contribution in [3.05, 3.63) is 29.3 Å². The molecule has 0 spiro atoms. The van der Waals surface area contributed by atoms with Gasteiger partial charge in [-0.25, -0.2) is 0 Å². The van der Waals surface area contributed by atoms with Crippen molar-refractivity contribution in [3.8, 4) is 5.75 Å². The monoisotopic (exact) mass is 306 g/mol. The van der Waals surface area contributed by atoms with Gasteiger partial charge in [0.05, 0.1) is 0 Å². The lowest BCUT2D eigenvalue weighted by molar-refractivity contribution is -0.116. The fourth-order valence-electron chi connectivity index (χ4n) is 1.44. The maximum absolute atomic E-state index is 12.2. The van der Waals surface area contributed by atoms with E-state index in [9.17, 15) is 13.6 Å². The van der Waals surface area contributed by atoms with E-state index in [4.69, 9.17) is 0 Å². The molecule has 17 heavy (non-hydrogen) atoms. The van der Waals surface area contributed by atoms with Gasteiger partial charge in [0.25, 0.3) is 0 Å². The van der Waals surface area contributed by atoms with Gasteiger partial charge in [0.15, 0.2) is 0 Å². The zero-order valence-corrected chi connectivity index (χ0v) is 11.1. The smallest absolute Gasteiger partial charge is 0.387 e. The molecule has 0 radical (unpaired) electrons. The molecule has 0 aliphatic heterocycles. The normalized spacial score (nSPS) is 12.6. The maximum atomic E-state index is 12.2. The Morgan fingerprint density at radius 1 is 1.47 bits per heavy atom. The number of alkyl halides is 3. The van der Waals surface area contributed by atoms with E-state index < -0.39 is 11.4 Å². The first-order chi connectivity index (χ1) is 7.95. The molecule has 1 unspecified atom stereocenters. The van der Waals surface area contributed by atoms with Crippen molar-refractivity contribution >= 4 is 21.7 Å². The molecule has 0 saturated carbocycles. The molecule has 2 nitrogen and oxygen atoms in total. The molecule has 1 rings (SSSR count). The Balaban J connectivity index is 3.15. The highest BCUT2D eigenvalue weighted by molar-refractivity contribution is 9.09. The van der Waals surface area contributed by atoms with Crippen LogP contribution in [0.1, 0.15) is 29.8 Å². The van der Waals surface area contributed by atoms with Crippen LogP contribution in [0.25, 0.3) is 0 Å². The maximum Gasteiger partial charge on any atom is 0.387 e. The highest BCUT2D eigenvalue weighted by Gasteiger charge is 2.19. The van der Waals surface area contributed by atoms with Gasteiger partial charge >= 0.3 is 6.61 Å². The van der Waals surface area contributed by atoms with E-state index in [-0.39, 0.29) is 11.5 Å². The van der Waals surface area contributed by atoms with Gasteiger partial charge in [0.2, 0.25) is 0 Å². The molecule has 0 bridgehead atoms. The van der Waals surface area contributed by atoms with Gasteiger partial charge in [-0.15, -0.1) is 0 Å². The second-order valence-corrected chi connectivity index (χ2v) is 4.49. The SMILES string of the molecule is CCc1ccc(OC(F)F)c(C(Br)C(C)=O)c1. The summed E-state index contributed by atoms with van der Waals surface area (Å²) in [4.78, 5) is 10.7. The summed E-state index contributed by atoms with van der Waals surface area (Å²) in [5, 5.41) is 0. The van der Waals surface area contributed by atoms with E-state index >= 15 is 0 Å². The Kier molecular flexibility index (Phi) is 5.05. The zero-order valence-electron chi connectivity index (χ0n) is 9.54. The van der Waals surface area contributed by atoms with E-state index in [0.29, 0.717) is 5.56 Å². The third-order valence-corrected chi connectivity index (χ3v) is 3.47. The molecule has 0 amide bonds. The van der Waals surface area contributed by atoms with Crippen LogP contribution in [0, 0.1) is 0 Å². The van der Waals surface area contributed by atoms with Crippen LogP contribution in [0.3, 0.4) is 0 Å². The van der Waals surface area contributed by atoms with E-state index in [2.05, 4.69) is 20.7 Å². The van der Waals surface area contributed by atoms with Crippen molar-refractivity contribution in [3.63, 3.8) is 0 Å². The van der Waals surface area contributed by atoms with Crippen LogP contribution in [-0.2, 0) is 11.2 Å². The Hall–Kier alpha value is -0.970. The highest BCUT2D eigenvalue weighted by atomic mass is 79.9. The van der Waals surface area contributed by atoms with E-state index in [1.807, 2.05) is 6.92 Å². The van der Waals surface area contributed by atoms with Crippen molar-refractivity contribution < 1.29 is 18.3 Å². The number of halogens is 3. The van der Waals surface area contributed by atoms with Gasteiger partial charge in [0.1, 0.15) is 16.4 Å². The molecule has 0 fully saturated rings. The van der Waals surface area contributed by atoms with Crippen molar-refractivity contribution in [2.24, 2.45) is 0 Å². The standard InChI is InChI=1S/C12H13BrF2O2/c1-3-8-4-5-10(17-12(14)15)9(6-8)11(13)7(2)16/h4-6,11-12H,3H2,1-2H3. The Morgan fingerprint density at radius 3 is 2.59 bits per heavy atom. The van der Waals surface area contributed by atoms with E-state index in [0.717, 1.165) is 12.0 Å². The molecule has 0 aliphatic rings. The topological polar surface area (TPSA) is 26.3 Å². The van der Waals surface area contributed by atoms with Crippen LogP contribution in [0.4, 0.5) is 8.78 Å². The molecule has 0 aliphatic carbocycles. The van der Waals surface area contributed by atoms with Crippen LogP contribution in [0.5, 0.6) is 5.75 Å². The van der Waals surface area contributed by atoms with E-state index in [1.54, 1.807) is 12.1 Å². The number of Topliss-reactive ketones (excluding diaryl/α,β-unsaturated/α-hetero) is 1. The fourth-order valence-corrected chi connectivity index (χ4v) is 1.80. The number of ketones is 1. The van der Waals surface area contributed by atoms with Crippen molar-refractivity contribution in [2.75, 3.05) is 0 Å². The second kappa shape index (κ2) is 6.10. The lowest BCUT2D eigenvalue weighted by Gasteiger charge is -2.14. The zero-order chi connectivity index (χ0) is 13.0. The summed E-state index contributed by atoms with van der Waals surface area (Å²) in [5.41, 5.74) is 1.41. The summed E-state index contributed by atoms with van der Waals surface area (Å²) in [7, 11) is 0. The predicted octanol–water partition coefficient (Wildman–Crippen LogP) is 3.88. The highest BCUT2D eigenvalue weighted by Crippen LogP contribution is 2.33. The van der Waals surface area contributed by atoms with Crippen molar-refractivity contribution in [1.82, 2.24) is 0 Å². The largest absolute Gasteiger partial charge is 0.434 e. The number of aryl methyl sites for hydroxylation is 1. The van der Waals surface area contributed by atoms with Crippen LogP contribution >= 0.6 is 15.9 Å². The van der Waals surface area contributed by atoms with Gasteiger partial charge in [0, 0.05) is 5.56 Å². The molecule has 5 heteroatoms. The lowest BCUT2D eigenvalue weighted by atomic mass is 10.0. The van der Waals surface area contributed by atoms with E-state index in [1.165, 1.54) is 13.0 Å². The minimum absolute atomic E-state index is 0.0364. The number of benzene rings is 1. The summed E-state index contributed by atoms with van der Waals surface area (Å²) >= 11 is 3.18. The van der Waals surface area contributed by atoms with Crippen LogP contribution < -0.4 is 4.74 Å². The molecule has 1 atom stereocenters. The number of carbonyl (C=O) groups excluding carboxylic acids is 1. The lowest BCUT2D eigenvalue weighted by Crippen LogP contribution is -2.09. The van der Waals surface area contributed by atoms with Gasteiger partial charge in [-0.1, -0.05) is 35.0 Å². The molecule has 0 heterocycles. The third-order valence-electron chi connectivity index (χ3n) is 2.33. The summed E-state index contributed by atoms with van der Waals surface area (Å²) in [6, 6.07) is 4.89. The quantitative estimate of drug-likeness (QED) is 0.772. The average molecular weight is 307 g/mol. The van der Waals surface area contributed by atoms with Gasteiger partial charge in [-0.3, -0.25) is 4.79 Å². The summed E-state index contributed by atoms with van der Waals surface area (Å²) in [5.74, 6) is -0.119. The molecule has 0 saturated heterocycles. The van der Waals surface area contributed by atoms with Gasteiger partial charge < -0.3 is 4.74 Å². The minimum atomic E-state index is -2.90. The van der Waals surface area contributed by atoms with Crippen molar-refractivity contribution in [2.45, 2.75) is 31.7 Å². The molecule has 1 aromatic rings. The number of hydrogen-bond acceptors (Lipinski definition) is 2. The Bertz CT molecular complexity index is 407. The van der Waals surface area contributed by atoms with Crippen LogP contribution in [0.15, 0.2) is 18.2 Å². The molecule has 1 aromatic carbocycles. The average Bonchev–Trinajstić information content (AvgIpc) is 2.27. The first kappa shape index (κ1) is 14.1. The predicted molar refractivity (Wildman–Crippen MR) is 64.8 cm³/mol. The first-order valence-electron chi connectivity index (χ1n) is 5.17. The first-order valence-corrected chi connectivity index (χ1v) is 6.09. The molecular weight excluding hydrogens is 294 g/mol. The molecule has 0 N–H and O–H groups in total. The Morgan fingerprint density at radius 2 is 2.12 bits per heavy atom. The van der Waals surface area contributed by atoms with Gasteiger partial charge in [-0.2, -0.15) is 8.78 Å². The number of carbonyl (C=O) groups is 1. The minimum Gasteiger partial charge on any atom is -0.434 e. The number of ether oxygens (including phenoxy) is 1. The van der Waals surface area contributed by atoms with Crippen LogP contribution in [-0.4, -0.2) is 12.4 Å². The summed E-state index contributed by atoms with van der Waals surface area (Å²) in [6.45, 7) is 0.446.